The van der Waals surface area contributed by atoms with E-state index >= 15 is 0 Å². The van der Waals surface area contributed by atoms with Gasteiger partial charge < -0.3 is 15.0 Å². The lowest BCUT2D eigenvalue weighted by Crippen LogP contribution is -2.43. The Morgan fingerprint density at radius 3 is 2.39 bits per heavy atom. The zero-order valence-corrected chi connectivity index (χ0v) is 15.3. The van der Waals surface area contributed by atoms with E-state index in [-0.39, 0.29) is 11.4 Å². The van der Waals surface area contributed by atoms with Crippen LogP contribution in [0.25, 0.3) is 0 Å². The van der Waals surface area contributed by atoms with Gasteiger partial charge in [-0.25, -0.2) is 0 Å². The summed E-state index contributed by atoms with van der Waals surface area (Å²) in [6.45, 7) is 2.58. The molecule has 0 aromatic heterocycles. The van der Waals surface area contributed by atoms with Gasteiger partial charge in [0.25, 0.3) is 11.4 Å². The van der Waals surface area contributed by atoms with Crippen molar-refractivity contribution < 1.29 is 14.6 Å². The van der Waals surface area contributed by atoms with E-state index in [1.54, 1.807) is 0 Å². The van der Waals surface area contributed by atoms with Crippen molar-refractivity contribution >= 4 is 17.1 Å². The molecule has 0 spiro atoms. The molecular formula is C19H22N4O5. The molecule has 3 rings (SSSR count). The summed E-state index contributed by atoms with van der Waals surface area (Å²) in [5.41, 5.74) is -0.0660. The van der Waals surface area contributed by atoms with Gasteiger partial charge in [0.15, 0.2) is 0 Å². The Balaban J connectivity index is 1.50. The molecule has 2 aromatic rings. The van der Waals surface area contributed by atoms with Crippen molar-refractivity contribution in [3.63, 3.8) is 0 Å². The first kappa shape index (κ1) is 19.6. The number of ether oxygens (including phenoxy) is 1. The molecule has 0 unspecified atom stereocenters. The van der Waals surface area contributed by atoms with E-state index in [1.807, 2.05) is 35.2 Å². The number of rotatable bonds is 8. The van der Waals surface area contributed by atoms with Gasteiger partial charge in [-0.1, -0.05) is 18.2 Å². The van der Waals surface area contributed by atoms with Crippen LogP contribution in [-0.4, -0.2) is 42.1 Å². The van der Waals surface area contributed by atoms with Gasteiger partial charge in [0, 0.05) is 31.7 Å². The molecule has 28 heavy (non-hydrogen) atoms. The second-order valence-corrected chi connectivity index (χ2v) is 6.56. The van der Waals surface area contributed by atoms with Crippen LogP contribution in [0.5, 0.6) is 5.75 Å². The summed E-state index contributed by atoms with van der Waals surface area (Å²) in [6, 6.07) is 13.7. The number of benzene rings is 2. The molecule has 9 heteroatoms. The number of non-ortho nitro benzene ring substituents is 1. The third-order valence-electron chi connectivity index (χ3n) is 4.75. The average Bonchev–Trinajstić information content (AvgIpc) is 2.72. The Morgan fingerprint density at radius 1 is 1.04 bits per heavy atom. The highest BCUT2D eigenvalue weighted by Gasteiger charge is 2.26. The number of hydrogen-bond acceptors (Lipinski definition) is 7. The minimum Gasteiger partial charge on any atom is -0.492 e. The van der Waals surface area contributed by atoms with E-state index in [4.69, 9.17) is 4.74 Å². The van der Waals surface area contributed by atoms with Gasteiger partial charge in [-0.05, 0) is 31.0 Å². The summed E-state index contributed by atoms with van der Waals surface area (Å²) in [4.78, 5) is 22.9. The molecule has 1 N–H and O–H groups in total. The molecule has 2 aromatic carbocycles. The third kappa shape index (κ3) is 4.95. The van der Waals surface area contributed by atoms with Gasteiger partial charge in [0.05, 0.1) is 15.9 Å². The van der Waals surface area contributed by atoms with Crippen molar-refractivity contribution in [3.8, 4) is 5.75 Å². The zero-order chi connectivity index (χ0) is 19.9. The maximum Gasteiger partial charge on any atom is 0.299 e. The topological polar surface area (TPSA) is 111 Å². The van der Waals surface area contributed by atoms with Crippen LogP contribution in [0.15, 0.2) is 48.5 Å². The van der Waals surface area contributed by atoms with Crippen LogP contribution >= 0.6 is 0 Å². The molecular weight excluding hydrogens is 364 g/mol. The summed E-state index contributed by atoms with van der Waals surface area (Å²) >= 11 is 0. The fourth-order valence-electron chi connectivity index (χ4n) is 3.31. The number of anilines is 1. The molecule has 148 valence electrons. The van der Waals surface area contributed by atoms with Crippen LogP contribution in [0.2, 0.25) is 0 Å². The molecule has 1 aliphatic rings. The SMILES string of the molecule is O=[N+]([O-])c1ccc(N2CCC(NCCOc3ccccc3)CC2)c([N+](=O)[O-])c1. The average molecular weight is 386 g/mol. The Labute approximate surface area is 162 Å². The van der Waals surface area contributed by atoms with E-state index < -0.39 is 9.85 Å². The van der Waals surface area contributed by atoms with Gasteiger partial charge in [-0.3, -0.25) is 20.2 Å². The predicted molar refractivity (Wildman–Crippen MR) is 105 cm³/mol. The van der Waals surface area contributed by atoms with Crippen molar-refractivity contribution in [3.05, 3.63) is 68.8 Å². The van der Waals surface area contributed by atoms with Crippen LogP contribution < -0.4 is 15.0 Å². The summed E-state index contributed by atoms with van der Waals surface area (Å²) in [5, 5.41) is 25.6. The number of nitrogens with one attached hydrogen (secondary N) is 1. The Kier molecular flexibility index (Phi) is 6.38. The number of nitrogens with zero attached hydrogens (tertiary/aromatic N) is 3. The van der Waals surface area contributed by atoms with Gasteiger partial charge in [-0.2, -0.15) is 0 Å². The Hall–Kier alpha value is -3.20. The van der Waals surface area contributed by atoms with Gasteiger partial charge in [-0.15, -0.1) is 0 Å². The monoisotopic (exact) mass is 386 g/mol. The Bertz CT molecular complexity index is 822. The normalized spacial score (nSPS) is 14.6. The highest BCUT2D eigenvalue weighted by Crippen LogP contribution is 2.33. The zero-order valence-electron chi connectivity index (χ0n) is 15.3. The van der Waals surface area contributed by atoms with Crippen LogP contribution in [0.1, 0.15) is 12.8 Å². The molecule has 0 radical (unpaired) electrons. The summed E-state index contributed by atoms with van der Waals surface area (Å²) in [7, 11) is 0. The van der Waals surface area contributed by atoms with Crippen LogP contribution in [0.4, 0.5) is 17.1 Å². The molecule has 9 nitrogen and oxygen atoms in total. The first-order valence-corrected chi connectivity index (χ1v) is 9.13. The highest BCUT2D eigenvalue weighted by atomic mass is 16.6. The van der Waals surface area contributed by atoms with Crippen molar-refractivity contribution in [2.75, 3.05) is 31.1 Å². The van der Waals surface area contributed by atoms with Crippen LogP contribution in [0, 0.1) is 20.2 Å². The minimum atomic E-state index is -0.621. The van der Waals surface area contributed by atoms with Gasteiger partial charge in [0.2, 0.25) is 0 Å². The summed E-state index contributed by atoms with van der Waals surface area (Å²) < 4.78 is 5.66. The van der Waals surface area contributed by atoms with Crippen LogP contribution in [0.3, 0.4) is 0 Å². The molecule has 0 bridgehead atoms. The fourth-order valence-corrected chi connectivity index (χ4v) is 3.31. The largest absolute Gasteiger partial charge is 0.492 e. The Morgan fingerprint density at radius 2 is 1.75 bits per heavy atom. The smallest absolute Gasteiger partial charge is 0.299 e. The van der Waals surface area contributed by atoms with Crippen molar-refractivity contribution in [2.45, 2.75) is 18.9 Å². The van der Waals surface area contributed by atoms with E-state index in [0.717, 1.165) is 31.2 Å². The maximum atomic E-state index is 11.3. The molecule has 0 saturated carbocycles. The third-order valence-corrected chi connectivity index (χ3v) is 4.75. The van der Waals surface area contributed by atoms with Crippen molar-refractivity contribution in [1.29, 1.82) is 0 Å². The molecule has 1 saturated heterocycles. The predicted octanol–water partition coefficient (Wildman–Crippen LogP) is 3.14. The molecule has 0 amide bonds. The number of para-hydroxylation sites is 1. The maximum absolute atomic E-state index is 11.3. The number of nitro benzene ring substituents is 2. The lowest BCUT2D eigenvalue weighted by molar-refractivity contribution is -0.393. The highest BCUT2D eigenvalue weighted by molar-refractivity contribution is 5.67. The minimum absolute atomic E-state index is 0.225. The van der Waals surface area contributed by atoms with E-state index in [2.05, 4.69) is 5.32 Å². The number of nitro groups is 2. The second kappa shape index (κ2) is 9.14. The van der Waals surface area contributed by atoms with Crippen molar-refractivity contribution in [2.24, 2.45) is 0 Å². The van der Waals surface area contributed by atoms with Gasteiger partial charge in [0.1, 0.15) is 18.0 Å². The summed E-state index contributed by atoms with van der Waals surface area (Å²) in [5.74, 6) is 0.838. The molecule has 0 aliphatic carbocycles. The van der Waals surface area contributed by atoms with E-state index in [1.165, 1.54) is 12.1 Å². The lowest BCUT2D eigenvalue weighted by atomic mass is 10.0. The molecule has 0 atom stereocenters. The van der Waals surface area contributed by atoms with E-state index in [9.17, 15) is 20.2 Å². The molecule has 1 heterocycles. The number of hydrogen-bond donors (Lipinski definition) is 1. The quantitative estimate of drug-likeness (QED) is 0.421. The van der Waals surface area contributed by atoms with Crippen molar-refractivity contribution in [1.82, 2.24) is 5.32 Å². The molecule has 1 fully saturated rings. The van der Waals surface area contributed by atoms with E-state index in [0.29, 0.717) is 31.4 Å². The van der Waals surface area contributed by atoms with Crippen LogP contribution in [-0.2, 0) is 0 Å². The second-order valence-electron chi connectivity index (χ2n) is 6.56. The first-order chi connectivity index (χ1) is 13.5. The lowest BCUT2D eigenvalue weighted by Gasteiger charge is -2.33. The first-order valence-electron chi connectivity index (χ1n) is 9.13. The number of piperidine rings is 1. The summed E-state index contributed by atoms with van der Waals surface area (Å²) in [6.07, 6.45) is 1.67. The molecule has 1 aliphatic heterocycles. The van der Waals surface area contributed by atoms with Gasteiger partial charge >= 0.3 is 0 Å². The fraction of sp³-hybridized carbons (Fsp3) is 0.368. The standard InChI is InChI=1S/C19H22N4O5/c24-22(25)16-6-7-18(19(14-16)23(26)27)21-11-8-15(9-12-21)20-10-13-28-17-4-2-1-3-5-17/h1-7,14-15,20H,8-13H2.